The van der Waals surface area contributed by atoms with Gasteiger partial charge in [0.1, 0.15) is 5.54 Å². The molecule has 0 spiro atoms. The first-order chi connectivity index (χ1) is 8.59. The third-order valence-corrected chi connectivity index (χ3v) is 3.95. The molecule has 1 aliphatic heterocycles. The Balaban J connectivity index is 2.72. The Labute approximate surface area is 116 Å². The normalized spacial score (nSPS) is 28.6. The minimum Gasteiger partial charge on any atom is -0.480 e. The van der Waals surface area contributed by atoms with Crippen molar-refractivity contribution in [2.24, 2.45) is 0 Å². The largest absolute Gasteiger partial charge is 0.480 e. The number of carboxylic acids is 1. The molecule has 0 radical (unpaired) electrons. The fraction of sp³-hybridized carbons (Fsp3) is 0.929. The van der Waals surface area contributed by atoms with Gasteiger partial charge in [-0.3, -0.25) is 9.69 Å². The fourth-order valence-electron chi connectivity index (χ4n) is 2.86. The molecular weight excluding hydrogens is 244 g/mol. The lowest BCUT2D eigenvalue weighted by Crippen LogP contribution is -2.58. The van der Waals surface area contributed by atoms with E-state index in [1.165, 1.54) is 0 Å². The average Bonchev–Trinajstić information content (AvgIpc) is 2.25. The lowest BCUT2D eigenvalue weighted by atomic mass is 9.92. The van der Waals surface area contributed by atoms with Gasteiger partial charge in [-0.2, -0.15) is 0 Å². The van der Waals surface area contributed by atoms with Gasteiger partial charge in [0.25, 0.3) is 0 Å². The minimum atomic E-state index is -0.884. The molecule has 0 aromatic carbocycles. The average molecular weight is 272 g/mol. The molecule has 1 saturated heterocycles. The zero-order chi connectivity index (χ0) is 14.8. The first-order valence-corrected chi connectivity index (χ1v) is 6.94. The van der Waals surface area contributed by atoms with Crippen molar-refractivity contribution >= 4 is 5.97 Å². The monoisotopic (exact) mass is 272 g/mol. The third-order valence-electron chi connectivity index (χ3n) is 3.95. The van der Waals surface area contributed by atoms with Crippen LogP contribution in [0, 0.1) is 0 Å². The zero-order valence-corrected chi connectivity index (χ0v) is 13.0. The summed E-state index contributed by atoms with van der Waals surface area (Å²) in [4.78, 5) is 13.7. The van der Waals surface area contributed by atoms with Gasteiger partial charge in [0.05, 0.1) is 11.7 Å². The third kappa shape index (κ3) is 4.16. The van der Waals surface area contributed by atoms with Crippen molar-refractivity contribution in [3.63, 3.8) is 0 Å². The number of hydrogen-bond donors (Lipinski definition) is 2. The molecule has 1 rings (SSSR count). The maximum atomic E-state index is 11.4. The maximum absolute atomic E-state index is 11.4. The molecule has 1 fully saturated rings. The molecule has 112 valence electrons. The molecule has 19 heavy (non-hydrogen) atoms. The summed E-state index contributed by atoms with van der Waals surface area (Å²) in [5.41, 5.74) is -1.06. The molecule has 0 amide bonds. The molecule has 2 N–H and O–H groups in total. The van der Waals surface area contributed by atoms with E-state index in [0.717, 1.165) is 13.1 Å². The van der Waals surface area contributed by atoms with Crippen LogP contribution in [-0.4, -0.2) is 59.4 Å². The number of nitrogens with one attached hydrogen (secondary N) is 1. The highest BCUT2D eigenvalue weighted by Crippen LogP contribution is 2.25. The molecular formula is C14H28N2O3. The fourth-order valence-corrected chi connectivity index (χ4v) is 2.86. The highest BCUT2D eigenvalue weighted by atomic mass is 16.5. The number of likely N-dealkylation sites (N-methyl/N-ethyl adjacent to an activating group) is 1. The van der Waals surface area contributed by atoms with Crippen LogP contribution in [-0.2, 0) is 9.53 Å². The molecule has 0 saturated carbocycles. The van der Waals surface area contributed by atoms with Gasteiger partial charge in [-0.15, -0.1) is 0 Å². The number of ether oxygens (including phenoxy) is 1. The molecule has 0 bridgehead atoms. The number of rotatable bonds is 5. The van der Waals surface area contributed by atoms with Gasteiger partial charge in [-0.05, 0) is 48.1 Å². The van der Waals surface area contributed by atoms with Crippen molar-refractivity contribution in [1.29, 1.82) is 0 Å². The lowest BCUT2D eigenvalue weighted by molar-refractivity contribution is -0.148. The second-order valence-electron chi connectivity index (χ2n) is 6.56. The number of carboxylic acid groups (broad SMARTS) is 1. The van der Waals surface area contributed by atoms with E-state index in [1.54, 1.807) is 14.0 Å². The van der Waals surface area contributed by atoms with Crippen molar-refractivity contribution in [2.75, 3.05) is 20.1 Å². The maximum Gasteiger partial charge on any atom is 0.323 e. The summed E-state index contributed by atoms with van der Waals surface area (Å²) in [6, 6.07) is 0.194. The van der Waals surface area contributed by atoms with Crippen LogP contribution in [0.4, 0.5) is 0 Å². The second-order valence-corrected chi connectivity index (χ2v) is 6.56. The number of nitrogens with zero attached hydrogens (tertiary/aromatic N) is 1. The highest BCUT2D eigenvalue weighted by molar-refractivity contribution is 5.78. The van der Waals surface area contributed by atoms with Crippen LogP contribution in [0.1, 0.15) is 41.0 Å². The first kappa shape index (κ1) is 16.4. The number of hydrogen-bond acceptors (Lipinski definition) is 4. The standard InChI is InChI=1S/C14H28N2O3/c1-10(7-14(5,15-6)12(17)18)16-8-11(2)19-13(3,4)9-16/h10-11,15H,7-9H2,1-6H3,(H,17,18). The summed E-state index contributed by atoms with van der Waals surface area (Å²) >= 11 is 0. The smallest absolute Gasteiger partial charge is 0.323 e. The minimum absolute atomic E-state index is 0.175. The van der Waals surface area contributed by atoms with Crippen LogP contribution < -0.4 is 5.32 Å². The van der Waals surface area contributed by atoms with E-state index < -0.39 is 11.5 Å². The van der Waals surface area contributed by atoms with Gasteiger partial charge in [0, 0.05) is 19.1 Å². The molecule has 5 nitrogen and oxygen atoms in total. The van der Waals surface area contributed by atoms with Crippen LogP contribution in [0.25, 0.3) is 0 Å². The van der Waals surface area contributed by atoms with E-state index in [4.69, 9.17) is 4.74 Å². The van der Waals surface area contributed by atoms with E-state index >= 15 is 0 Å². The molecule has 1 heterocycles. The Bertz CT molecular complexity index is 333. The van der Waals surface area contributed by atoms with Crippen LogP contribution in [0.2, 0.25) is 0 Å². The predicted molar refractivity (Wildman–Crippen MR) is 75.4 cm³/mol. The van der Waals surface area contributed by atoms with Crippen LogP contribution in [0.5, 0.6) is 0 Å². The Morgan fingerprint density at radius 3 is 2.63 bits per heavy atom. The van der Waals surface area contributed by atoms with Crippen molar-refractivity contribution in [3.05, 3.63) is 0 Å². The van der Waals surface area contributed by atoms with E-state index in [9.17, 15) is 9.90 Å². The lowest BCUT2D eigenvalue weighted by Gasteiger charge is -2.45. The van der Waals surface area contributed by atoms with Crippen LogP contribution >= 0.6 is 0 Å². The van der Waals surface area contributed by atoms with Gasteiger partial charge in [0.15, 0.2) is 0 Å². The Morgan fingerprint density at radius 2 is 2.21 bits per heavy atom. The second kappa shape index (κ2) is 5.77. The SMILES string of the molecule is CNC(C)(CC(C)N1CC(C)OC(C)(C)C1)C(=O)O. The zero-order valence-electron chi connectivity index (χ0n) is 13.0. The van der Waals surface area contributed by atoms with Gasteiger partial charge in [-0.25, -0.2) is 0 Å². The molecule has 5 heteroatoms. The van der Waals surface area contributed by atoms with Crippen molar-refractivity contribution in [1.82, 2.24) is 10.2 Å². The predicted octanol–water partition coefficient (Wildman–Crippen LogP) is 1.33. The van der Waals surface area contributed by atoms with Crippen LogP contribution in [0.3, 0.4) is 0 Å². The first-order valence-electron chi connectivity index (χ1n) is 6.94. The molecule has 3 unspecified atom stereocenters. The van der Waals surface area contributed by atoms with Gasteiger partial charge < -0.3 is 15.2 Å². The quantitative estimate of drug-likeness (QED) is 0.790. The summed E-state index contributed by atoms with van der Waals surface area (Å²) in [5.74, 6) is -0.803. The van der Waals surface area contributed by atoms with E-state index in [2.05, 4.69) is 37.9 Å². The van der Waals surface area contributed by atoms with E-state index in [-0.39, 0.29) is 17.7 Å². The molecule has 1 aliphatic rings. The van der Waals surface area contributed by atoms with Crippen molar-refractivity contribution in [3.8, 4) is 0 Å². The van der Waals surface area contributed by atoms with Gasteiger partial charge >= 0.3 is 5.97 Å². The summed E-state index contributed by atoms with van der Waals surface area (Å²) in [7, 11) is 1.70. The molecule has 0 aromatic rings. The Kier molecular flexibility index (Phi) is 4.98. The Hall–Kier alpha value is -0.650. The van der Waals surface area contributed by atoms with Crippen LogP contribution in [0.15, 0.2) is 0 Å². The summed E-state index contributed by atoms with van der Waals surface area (Å²) in [5, 5.41) is 12.3. The van der Waals surface area contributed by atoms with Gasteiger partial charge in [-0.1, -0.05) is 0 Å². The number of morpholine rings is 1. The van der Waals surface area contributed by atoms with Crippen molar-refractivity contribution < 1.29 is 14.6 Å². The molecule has 0 aliphatic carbocycles. The molecule has 0 aromatic heterocycles. The summed E-state index contributed by atoms with van der Waals surface area (Å²) in [6.07, 6.45) is 0.749. The highest BCUT2D eigenvalue weighted by Gasteiger charge is 2.38. The van der Waals surface area contributed by atoms with E-state index in [1.807, 2.05) is 0 Å². The van der Waals surface area contributed by atoms with E-state index in [0.29, 0.717) is 6.42 Å². The molecule has 3 atom stereocenters. The number of carbonyl (C=O) groups is 1. The van der Waals surface area contributed by atoms with Crippen molar-refractivity contribution in [2.45, 2.75) is 64.3 Å². The Morgan fingerprint density at radius 1 is 1.63 bits per heavy atom. The number of aliphatic carboxylic acids is 1. The summed E-state index contributed by atoms with van der Waals surface area (Å²) in [6.45, 7) is 11.7. The van der Waals surface area contributed by atoms with Gasteiger partial charge in [0.2, 0.25) is 0 Å². The summed E-state index contributed by atoms with van der Waals surface area (Å²) < 4.78 is 5.88. The topological polar surface area (TPSA) is 61.8 Å².